The average molecular weight is 187 g/mol. The smallest absolute Gasteiger partial charge is 0.133 e. The molecule has 12 heavy (non-hydrogen) atoms. The van der Waals surface area contributed by atoms with Crippen LogP contribution in [0.2, 0.25) is 0 Å². The molecule has 2 heteroatoms. The molecule has 0 radical (unpaired) electrons. The van der Waals surface area contributed by atoms with Gasteiger partial charge in [0, 0.05) is 18.2 Å². The quantitative estimate of drug-likeness (QED) is 0.532. The van der Waals surface area contributed by atoms with Crippen molar-refractivity contribution in [3.05, 3.63) is 0 Å². The second-order valence-corrected chi connectivity index (χ2v) is 4.82. The lowest BCUT2D eigenvalue weighted by Gasteiger charge is -2.35. The van der Waals surface area contributed by atoms with Crippen LogP contribution in [0.1, 0.15) is 44.9 Å². The lowest BCUT2D eigenvalue weighted by atomic mass is 9.72. The Morgan fingerprint density at radius 3 is 2.67 bits per heavy atom. The maximum Gasteiger partial charge on any atom is 0.133 e. The maximum absolute atomic E-state index is 11.3. The molecule has 2 saturated carbocycles. The van der Waals surface area contributed by atoms with Gasteiger partial charge in [-0.05, 0) is 31.1 Å². The highest BCUT2D eigenvalue weighted by Crippen LogP contribution is 2.50. The fourth-order valence-electron chi connectivity index (χ4n) is 2.78. The Bertz CT molecular complexity index is 202. The summed E-state index contributed by atoms with van der Waals surface area (Å²) >= 11 is 6.26. The van der Waals surface area contributed by atoms with E-state index in [1.165, 1.54) is 19.3 Å². The predicted octanol–water partition coefficient (Wildman–Crippen LogP) is 2.91. The molecular formula is C10H15ClO. The van der Waals surface area contributed by atoms with E-state index in [4.69, 9.17) is 11.6 Å². The average Bonchev–Trinajstić information content (AvgIpc) is 2.33. The van der Waals surface area contributed by atoms with Gasteiger partial charge in [-0.15, -0.1) is 11.6 Å². The van der Waals surface area contributed by atoms with Gasteiger partial charge in [-0.25, -0.2) is 0 Å². The third kappa shape index (κ3) is 1.28. The van der Waals surface area contributed by atoms with Crippen LogP contribution in [0.15, 0.2) is 0 Å². The Labute approximate surface area is 78.5 Å². The van der Waals surface area contributed by atoms with Crippen LogP contribution in [-0.2, 0) is 4.79 Å². The zero-order chi connectivity index (χ0) is 8.60. The van der Waals surface area contributed by atoms with Gasteiger partial charge in [-0.3, -0.25) is 4.79 Å². The molecule has 2 unspecified atom stereocenters. The highest BCUT2D eigenvalue weighted by Gasteiger charge is 2.44. The van der Waals surface area contributed by atoms with Crippen LogP contribution in [0, 0.1) is 5.41 Å². The first-order chi connectivity index (χ1) is 5.73. The second-order valence-electron chi connectivity index (χ2n) is 4.29. The standard InChI is InChI=1S/C10H15ClO/c11-9-4-2-6-10(9)5-1-3-8(12)7-10/h9H,1-7H2. The lowest BCUT2D eigenvalue weighted by Crippen LogP contribution is -2.32. The van der Waals surface area contributed by atoms with E-state index in [0.29, 0.717) is 5.78 Å². The van der Waals surface area contributed by atoms with E-state index in [9.17, 15) is 4.79 Å². The van der Waals surface area contributed by atoms with E-state index < -0.39 is 0 Å². The monoisotopic (exact) mass is 186 g/mol. The zero-order valence-corrected chi connectivity index (χ0v) is 8.07. The van der Waals surface area contributed by atoms with Crippen molar-refractivity contribution in [1.82, 2.24) is 0 Å². The predicted molar refractivity (Wildman–Crippen MR) is 49.4 cm³/mol. The second kappa shape index (κ2) is 3.02. The van der Waals surface area contributed by atoms with Crippen molar-refractivity contribution in [2.45, 2.75) is 50.3 Å². The van der Waals surface area contributed by atoms with Crippen LogP contribution in [-0.4, -0.2) is 11.2 Å². The van der Waals surface area contributed by atoms with E-state index in [1.807, 2.05) is 0 Å². The van der Waals surface area contributed by atoms with Crippen LogP contribution in [0.5, 0.6) is 0 Å². The molecule has 1 nitrogen and oxygen atoms in total. The summed E-state index contributed by atoms with van der Waals surface area (Å²) in [4.78, 5) is 11.3. The van der Waals surface area contributed by atoms with Crippen molar-refractivity contribution in [3.63, 3.8) is 0 Å². The molecule has 2 atom stereocenters. The molecule has 0 aromatic carbocycles. The summed E-state index contributed by atoms with van der Waals surface area (Å²) in [5.74, 6) is 0.439. The largest absolute Gasteiger partial charge is 0.300 e. The van der Waals surface area contributed by atoms with Crippen LogP contribution in [0.4, 0.5) is 0 Å². The van der Waals surface area contributed by atoms with Crippen LogP contribution < -0.4 is 0 Å². The summed E-state index contributed by atoms with van der Waals surface area (Å²) in [5.41, 5.74) is 0.219. The third-order valence-corrected chi connectivity index (χ3v) is 4.16. The van der Waals surface area contributed by atoms with Gasteiger partial charge in [0.05, 0.1) is 0 Å². The highest BCUT2D eigenvalue weighted by atomic mass is 35.5. The molecule has 2 rings (SSSR count). The van der Waals surface area contributed by atoms with Crippen molar-refractivity contribution < 1.29 is 4.79 Å². The first-order valence-corrected chi connectivity index (χ1v) is 5.32. The summed E-state index contributed by atoms with van der Waals surface area (Å²) < 4.78 is 0. The number of alkyl halides is 1. The maximum atomic E-state index is 11.3. The molecule has 2 aliphatic rings. The van der Waals surface area contributed by atoms with Gasteiger partial charge in [0.25, 0.3) is 0 Å². The summed E-state index contributed by atoms with van der Waals surface area (Å²) in [6, 6.07) is 0. The molecule has 2 aliphatic carbocycles. The number of Topliss-reactive ketones (excluding diaryl/α,β-unsaturated/α-hetero) is 1. The molecule has 0 aliphatic heterocycles. The summed E-state index contributed by atoms with van der Waals surface area (Å²) in [7, 11) is 0. The number of rotatable bonds is 0. The van der Waals surface area contributed by atoms with Crippen molar-refractivity contribution in [2.75, 3.05) is 0 Å². The first-order valence-electron chi connectivity index (χ1n) is 4.89. The molecule has 68 valence electrons. The molecule has 1 spiro atoms. The number of hydrogen-bond donors (Lipinski definition) is 0. The Balaban J connectivity index is 2.13. The first kappa shape index (κ1) is 8.55. The van der Waals surface area contributed by atoms with E-state index >= 15 is 0 Å². The lowest BCUT2D eigenvalue weighted by molar-refractivity contribution is -0.123. The number of ketones is 1. The SMILES string of the molecule is O=C1CCCC2(CCCC2Cl)C1. The molecule has 0 aromatic rings. The van der Waals surface area contributed by atoms with Gasteiger partial charge < -0.3 is 0 Å². The van der Waals surface area contributed by atoms with E-state index in [-0.39, 0.29) is 10.8 Å². The molecule has 0 heterocycles. The van der Waals surface area contributed by atoms with Crippen LogP contribution in [0.3, 0.4) is 0 Å². The number of halogens is 1. The van der Waals surface area contributed by atoms with Crippen molar-refractivity contribution in [2.24, 2.45) is 5.41 Å². The summed E-state index contributed by atoms with van der Waals surface area (Å²) in [6.45, 7) is 0. The highest BCUT2D eigenvalue weighted by molar-refractivity contribution is 6.21. The van der Waals surface area contributed by atoms with E-state index in [0.717, 1.165) is 25.7 Å². The van der Waals surface area contributed by atoms with Crippen molar-refractivity contribution in [1.29, 1.82) is 0 Å². The number of carbonyl (C=O) groups excluding carboxylic acids is 1. The number of hydrogen-bond acceptors (Lipinski definition) is 1. The Hall–Kier alpha value is -0.0400. The van der Waals surface area contributed by atoms with Gasteiger partial charge in [-0.2, -0.15) is 0 Å². The molecule has 0 aromatic heterocycles. The molecule has 0 bridgehead atoms. The third-order valence-electron chi connectivity index (χ3n) is 3.48. The molecular weight excluding hydrogens is 172 g/mol. The van der Waals surface area contributed by atoms with Crippen molar-refractivity contribution in [3.8, 4) is 0 Å². The molecule has 2 fully saturated rings. The summed E-state index contributed by atoms with van der Waals surface area (Å²) in [6.07, 6.45) is 7.35. The minimum atomic E-state index is 0.219. The van der Waals surface area contributed by atoms with E-state index in [2.05, 4.69) is 0 Å². The topological polar surface area (TPSA) is 17.1 Å². The van der Waals surface area contributed by atoms with Gasteiger partial charge in [0.1, 0.15) is 5.78 Å². The zero-order valence-electron chi connectivity index (χ0n) is 7.31. The fraction of sp³-hybridized carbons (Fsp3) is 0.900. The van der Waals surface area contributed by atoms with Crippen LogP contribution in [0.25, 0.3) is 0 Å². The van der Waals surface area contributed by atoms with Crippen molar-refractivity contribution >= 4 is 17.4 Å². The van der Waals surface area contributed by atoms with E-state index in [1.54, 1.807) is 0 Å². The van der Waals surface area contributed by atoms with Gasteiger partial charge in [-0.1, -0.05) is 6.42 Å². The number of carbonyl (C=O) groups is 1. The molecule has 0 N–H and O–H groups in total. The minimum absolute atomic E-state index is 0.219. The Morgan fingerprint density at radius 2 is 2.08 bits per heavy atom. The van der Waals surface area contributed by atoms with Gasteiger partial charge >= 0.3 is 0 Å². The van der Waals surface area contributed by atoms with Crippen LogP contribution >= 0.6 is 11.6 Å². The van der Waals surface area contributed by atoms with Gasteiger partial charge in [0.2, 0.25) is 0 Å². The Morgan fingerprint density at radius 1 is 1.33 bits per heavy atom. The Kier molecular flexibility index (Phi) is 2.16. The molecule has 0 amide bonds. The summed E-state index contributed by atoms with van der Waals surface area (Å²) in [5, 5.41) is 0.279. The van der Waals surface area contributed by atoms with Gasteiger partial charge in [0.15, 0.2) is 0 Å². The normalized spacial score (nSPS) is 42.4. The minimum Gasteiger partial charge on any atom is -0.300 e. The fourth-order valence-corrected chi connectivity index (χ4v) is 3.23. The molecule has 0 saturated heterocycles.